The third kappa shape index (κ3) is 7.16. The second-order valence-electron chi connectivity index (χ2n) is 11.7. The number of ether oxygens (including phenoxy) is 6. The number of anilines is 1. The number of carbonyl (C=O) groups is 1. The van der Waals surface area contributed by atoms with Crippen molar-refractivity contribution in [2.45, 2.75) is 77.1 Å². The van der Waals surface area contributed by atoms with Crippen molar-refractivity contribution in [3.05, 3.63) is 72.3 Å². The Bertz CT molecular complexity index is 1610. The molecule has 13 nitrogen and oxygen atoms in total. The minimum atomic E-state index is -0.826. The fraction of sp³-hybridized carbons (Fsp3) is 0.455. The first-order chi connectivity index (χ1) is 22.3. The molecule has 2 aromatic heterocycles. The number of aromatic nitrogens is 4. The lowest BCUT2D eigenvalue weighted by Crippen LogP contribution is -2.35. The van der Waals surface area contributed by atoms with Crippen LogP contribution < -0.4 is 20.1 Å². The molecule has 2 aliphatic rings. The van der Waals surface area contributed by atoms with Gasteiger partial charge in [-0.25, -0.2) is 19.7 Å². The number of carbonyl (C=O) groups excluding carboxylic acids is 1. The van der Waals surface area contributed by atoms with Crippen LogP contribution in [0.5, 0.6) is 11.5 Å². The average Bonchev–Trinajstić information content (AvgIpc) is 3.73. The van der Waals surface area contributed by atoms with E-state index in [0.717, 1.165) is 35.5 Å². The van der Waals surface area contributed by atoms with Crippen molar-refractivity contribution in [3.8, 4) is 11.5 Å². The van der Waals surface area contributed by atoms with Crippen LogP contribution >= 0.6 is 0 Å². The number of alkyl carbamates (subject to hydrolysis) is 1. The quantitative estimate of drug-likeness (QED) is 0.193. The number of fused-ring (bicyclic) bond motifs is 2. The van der Waals surface area contributed by atoms with Crippen LogP contribution in [0, 0.1) is 0 Å². The maximum absolute atomic E-state index is 12.2. The molecule has 2 fully saturated rings. The van der Waals surface area contributed by atoms with E-state index < -0.39 is 36.4 Å². The molecule has 244 valence electrons. The van der Waals surface area contributed by atoms with Crippen molar-refractivity contribution in [2.24, 2.45) is 0 Å². The van der Waals surface area contributed by atoms with Crippen molar-refractivity contribution in [2.75, 3.05) is 25.6 Å². The van der Waals surface area contributed by atoms with Gasteiger partial charge < -0.3 is 39.1 Å². The zero-order chi connectivity index (χ0) is 32.1. The molecule has 1 amide bonds. The van der Waals surface area contributed by atoms with Gasteiger partial charge in [-0.1, -0.05) is 37.6 Å². The smallest absolute Gasteiger partial charge is 0.407 e. The summed E-state index contributed by atoms with van der Waals surface area (Å²) in [7, 11) is 1.65. The summed E-state index contributed by atoms with van der Waals surface area (Å²) >= 11 is 0. The first-order valence-corrected chi connectivity index (χ1v) is 15.5. The highest BCUT2D eigenvalue weighted by Crippen LogP contribution is 2.44. The van der Waals surface area contributed by atoms with Crippen LogP contribution in [-0.2, 0) is 32.1 Å². The molecule has 4 aromatic rings. The number of hydrogen-bond donors (Lipinski definition) is 2. The number of unbranched alkanes of at least 4 members (excludes halogenated alkanes) is 1. The predicted molar refractivity (Wildman–Crippen MR) is 168 cm³/mol. The highest BCUT2D eigenvalue weighted by molar-refractivity contribution is 5.82. The van der Waals surface area contributed by atoms with E-state index in [2.05, 4.69) is 32.5 Å². The number of nitrogens with one attached hydrogen (secondary N) is 2. The molecule has 0 spiro atoms. The van der Waals surface area contributed by atoms with Crippen LogP contribution in [0.2, 0.25) is 0 Å². The molecule has 4 atom stereocenters. The molecular weight excluding hydrogens is 592 g/mol. The molecule has 4 heterocycles. The van der Waals surface area contributed by atoms with Crippen LogP contribution in [0.4, 0.5) is 10.6 Å². The summed E-state index contributed by atoms with van der Waals surface area (Å²) in [5.74, 6) is 1.35. The molecule has 2 aromatic carbocycles. The van der Waals surface area contributed by atoms with E-state index >= 15 is 0 Å². The normalized spacial score (nSPS) is 21.6. The van der Waals surface area contributed by atoms with Gasteiger partial charge in [-0.2, -0.15) is 0 Å². The lowest BCUT2D eigenvalue weighted by atomic mass is 10.1. The van der Waals surface area contributed by atoms with Gasteiger partial charge in [0, 0.05) is 13.1 Å². The Hall–Kier alpha value is -4.46. The Labute approximate surface area is 267 Å². The van der Waals surface area contributed by atoms with Gasteiger partial charge in [0.15, 0.2) is 29.0 Å². The number of hydrogen-bond acceptors (Lipinski definition) is 11. The van der Waals surface area contributed by atoms with Crippen LogP contribution in [0.1, 0.15) is 51.0 Å². The van der Waals surface area contributed by atoms with E-state index in [0.29, 0.717) is 36.7 Å². The SMILES string of the molecule is CCCCNC(=O)OCC1OC(n2cnc3c(NCc4ccc(OCc5ccc(OC)cc5)cc4)ncnc32)C2OC(C)(C)OC12. The van der Waals surface area contributed by atoms with Crippen LogP contribution in [0.3, 0.4) is 0 Å². The lowest BCUT2D eigenvalue weighted by Gasteiger charge is -2.24. The maximum atomic E-state index is 12.2. The molecule has 0 radical (unpaired) electrons. The first-order valence-electron chi connectivity index (χ1n) is 15.5. The Morgan fingerprint density at radius 1 is 0.978 bits per heavy atom. The van der Waals surface area contributed by atoms with Crippen molar-refractivity contribution in [1.29, 1.82) is 0 Å². The van der Waals surface area contributed by atoms with Crippen LogP contribution in [-0.4, -0.2) is 70.0 Å². The second-order valence-corrected chi connectivity index (χ2v) is 11.7. The number of rotatable bonds is 13. The van der Waals surface area contributed by atoms with Gasteiger partial charge in [0.1, 0.15) is 49.4 Å². The summed E-state index contributed by atoms with van der Waals surface area (Å²) in [4.78, 5) is 25.8. The maximum Gasteiger partial charge on any atom is 0.407 e. The minimum Gasteiger partial charge on any atom is -0.497 e. The summed E-state index contributed by atoms with van der Waals surface area (Å²) in [5, 5.41) is 6.13. The molecule has 2 N–H and O–H groups in total. The highest BCUT2D eigenvalue weighted by atomic mass is 16.8. The molecule has 2 aliphatic heterocycles. The van der Waals surface area contributed by atoms with E-state index in [4.69, 9.17) is 28.4 Å². The summed E-state index contributed by atoms with van der Waals surface area (Å²) in [6.07, 6.45) is 2.50. The summed E-state index contributed by atoms with van der Waals surface area (Å²) in [6.45, 7) is 7.34. The van der Waals surface area contributed by atoms with E-state index in [1.165, 1.54) is 6.33 Å². The topological polar surface area (TPSA) is 140 Å². The molecule has 0 bridgehead atoms. The number of nitrogens with zero attached hydrogens (tertiary/aromatic N) is 4. The molecule has 0 saturated carbocycles. The van der Waals surface area contributed by atoms with E-state index in [9.17, 15) is 4.79 Å². The number of benzene rings is 2. The van der Waals surface area contributed by atoms with Crippen molar-refractivity contribution in [1.82, 2.24) is 24.8 Å². The predicted octanol–water partition coefficient (Wildman–Crippen LogP) is 4.97. The molecule has 6 rings (SSSR count). The van der Waals surface area contributed by atoms with Crippen LogP contribution in [0.15, 0.2) is 61.2 Å². The molecule has 46 heavy (non-hydrogen) atoms. The largest absolute Gasteiger partial charge is 0.497 e. The van der Waals surface area contributed by atoms with Gasteiger partial charge in [0.05, 0.1) is 13.4 Å². The van der Waals surface area contributed by atoms with Gasteiger partial charge >= 0.3 is 6.09 Å². The van der Waals surface area contributed by atoms with Crippen molar-refractivity contribution in [3.63, 3.8) is 0 Å². The van der Waals surface area contributed by atoms with Gasteiger partial charge in [0.25, 0.3) is 0 Å². The number of imidazole rings is 1. The second kappa shape index (κ2) is 13.9. The van der Waals surface area contributed by atoms with E-state index in [1.807, 2.05) is 66.9 Å². The minimum absolute atomic E-state index is 0.0226. The molecule has 2 saturated heterocycles. The fourth-order valence-corrected chi connectivity index (χ4v) is 5.54. The van der Waals surface area contributed by atoms with Gasteiger partial charge in [-0.3, -0.25) is 4.57 Å². The number of methoxy groups -OCH3 is 1. The third-order valence-electron chi connectivity index (χ3n) is 7.88. The Balaban J connectivity index is 1.09. The first kappa shape index (κ1) is 31.5. The van der Waals surface area contributed by atoms with Crippen molar-refractivity contribution >= 4 is 23.1 Å². The van der Waals surface area contributed by atoms with E-state index in [1.54, 1.807) is 13.4 Å². The number of amides is 1. The molecule has 4 unspecified atom stereocenters. The van der Waals surface area contributed by atoms with Crippen LogP contribution in [0.25, 0.3) is 11.2 Å². The Morgan fingerprint density at radius 3 is 2.48 bits per heavy atom. The van der Waals surface area contributed by atoms with Gasteiger partial charge in [-0.05, 0) is 55.7 Å². The van der Waals surface area contributed by atoms with Gasteiger partial charge in [0.2, 0.25) is 0 Å². The lowest BCUT2D eigenvalue weighted by molar-refractivity contribution is -0.199. The average molecular weight is 633 g/mol. The Morgan fingerprint density at radius 2 is 1.72 bits per heavy atom. The summed E-state index contributed by atoms with van der Waals surface area (Å²) in [5.41, 5.74) is 3.28. The fourth-order valence-electron chi connectivity index (χ4n) is 5.54. The summed E-state index contributed by atoms with van der Waals surface area (Å²) < 4.78 is 37.2. The zero-order valence-electron chi connectivity index (χ0n) is 26.5. The monoisotopic (exact) mass is 632 g/mol. The third-order valence-corrected chi connectivity index (χ3v) is 7.88. The van der Waals surface area contributed by atoms with Crippen molar-refractivity contribution < 1.29 is 33.2 Å². The van der Waals surface area contributed by atoms with E-state index in [-0.39, 0.29) is 6.61 Å². The standard InChI is InChI=1S/C33H40N6O7/c1-5-6-15-34-32(40)43-18-25-27-28(46-33(2,3)45-27)31(44-25)39-20-38-26-29(36-19-37-30(26)39)35-16-21-7-13-24(14-8-21)42-17-22-9-11-23(41-4)12-10-22/h7-14,19-20,25,27-28,31H,5-6,15-18H2,1-4H3,(H,34,40)(H,35,36,37). The zero-order valence-corrected chi connectivity index (χ0v) is 26.5. The molecule has 13 heteroatoms. The highest BCUT2D eigenvalue weighted by Gasteiger charge is 2.56. The summed E-state index contributed by atoms with van der Waals surface area (Å²) in [6, 6.07) is 15.7. The molecule has 0 aliphatic carbocycles. The Kier molecular flexibility index (Phi) is 9.52. The van der Waals surface area contributed by atoms with Gasteiger partial charge in [-0.15, -0.1) is 0 Å². The molecular formula is C33H40N6O7.